The molecule has 88 valence electrons. The fourth-order valence-electron chi connectivity index (χ4n) is 2.73. The van der Waals surface area contributed by atoms with Gasteiger partial charge in [-0.2, -0.15) is 0 Å². The van der Waals surface area contributed by atoms with E-state index in [1.54, 1.807) is 13.8 Å². The first-order valence-electron chi connectivity index (χ1n) is 5.74. The highest BCUT2D eigenvalue weighted by Crippen LogP contribution is 2.43. The van der Waals surface area contributed by atoms with E-state index in [9.17, 15) is 9.50 Å². The van der Waals surface area contributed by atoms with Crippen molar-refractivity contribution in [1.29, 1.82) is 0 Å². The average molecular weight is 223 g/mol. The van der Waals surface area contributed by atoms with Crippen LogP contribution in [0.15, 0.2) is 6.07 Å². The summed E-state index contributed by atoms with van der Waals surface area (Å²) in [4.78, 5) is 0. The van der Waals surface area contributed by atoms with E-state index in [4.69, 9.17) is 5.73 Å². The van der Waals surface area contributed by atoms with Gasteiger partial charge in [0.25, 0.3) is 0 Å². The van der Waals surface area contributed by atoms with Crippen LogP contribution in [0.2, 0.25) is 0 Å². The van der Waals surface area contributed by atoms with E-state index in [0.29, 0.717) is 16.7 Å². The average Bonchev–Trinajstić information content (AvgIpc) is 2.63. The van der Waals surface area contributed by atoms with Crippen molar-refractivity contribution in [2.45, 2.75) is 45.1 Å². The minimum atomic E-state index is -0.541. The first-order valence-corrected chi connectivity index (χ1v) is 5.74. The van der Waals surface area contributed by atoms with E-state index < -0.39 is 5.54 Å². The van der Waals surface area contributed by atoms with Gasteiger partial charge in [0.15, 0.2) is 0 Å². The molecule has 0 radical (unpaired) electrons. The molecule has 3 N–H and O–H groups in total. The molecule has 0 atom stereocenters. The van der Waals surface area contributed by atoms with Crippen molar-refractivity contribution in [3.05, 3.63) is 28.6 Å². The van der Waals surface area contributed by atoms with Gasteiger partial charge in [-0.15, -0.1) is 0 Å². The van der Waals surface area contributed by atoms with E-state index in [0.717, 1.165) is 25.7 Å². The van der Waals surface area contributed by atoms with Crippen LogP contribution < -0.4 is 5.73 Å². The molecule has 0 aliphatic heterocycles. The van der Waals surface area contributed by atoms with Crippen molar-refractivity contribution < 1.29 is 9.50 Å². The topological polar surface area (TPSA) is 46.2 Å². The van der Waals surface area contributed by atoms with Gasteiger partial charge in [-0.3, -0.25) is 0 Å². The summed E-state index contributed by atoms with van der Waals surface area (Å²) < 4.78 is 13.7. The molecule has 1 aromatic carbocycles. The number of nitrogens with two attached hydrogens (primary N) is 1. The van der Waals surface area contributed by atoms with Crippen molar-refractivity contribution in [2.75, 3.05) is 0 Å². The zero-order valence-corrected chi connectivity index (χ0v) is 9.81. The van der Waals surface area contributed by atoms with Gasteiger partial charge in [0, 0.05) is 11.1 Å². The van der Waals surface area contributed by atoms with Gasteiger partial charge in [0.2, 0.25) is 0 Å². The van der Waals surface area contributed by atoms with Crippen LogP contribution in [0.25, 0.3) is 0 Å². The molecule has 1 saturated carbocycles. The van der Waals surface area contributed by atoms with Crippen LogP contribution in [0, 0.1) is 19.7 Å². The highest BCUT2D eigenvalue weighted by Gasteiger charge is 2.36. The number of phenolic OH excluding ortho intramolecular Hbond substituents is 1. The Labute approximate surface area is 95.3 Å². The maximum Gasteiger partial charge on any atom is 0.126 e. The summed E-state index contributed by atoms with van der Waals surface area (Å²) >= 11 is 0. The van der Waals surface area contributed by atoms with Gasteiger partial charge < -0.3 is 10.8 Å². The van der Waals surface area contributed by atoms with Gasteiger partial charge in [-0.05, 0) is 43.9 Å². The van der Waals surface area contributed by atoms with Crippen LogP contribution in [-0.4, -0.2) is 5.11 Å². The molecule has 1 fully saturated rings. The van der Waals surface area contributed by atoms with Crippen LogP contribution in [0.5, 0.6) is 5.75 Å². The molecule has 0 amide bonds. The van der Waals surface area contributed by atoms with Crippen LogP contribution in [0.1, 0.15) is 42.4 Å². The largest absolute Gasteiger partial charge is 0.507 e. The first-order chi connectivity index (χ1) is 7.46. The Morgan fingerprint density at radius 1 is 1.31 bits per heavy atom. The summed E-state index contributed by atoms with van der Waals surface area (Å²) in [6, 6.07) is 1.37. The fraction of sp³-hybridized carbons (Fsp3) is 0.538. The predicted molar refractivity (Wildman–Crippen MR) is 61.9 cm³/mol. The number of rotatable bonds is 1. The second-order valence-corrected chi connectivity index (χ2v) is 4.89. The molecule has 0 saturated heterocycles. The van der Waals surface area contributed by atoms with E-state index in [1.807, 2.05) is 0 Å². The quantitative estimate of drug-likeness (QED) is 0.769. The molecule has 3 heteroatoms. The van der Waals surface area contributed by atoms with E-state index >= 15 is 0 Å². The van der Waals surface area contributed by atoms with Crippen LogP contribution in [-0.2, 0) is 5.54 Å². The third kappa shape index (κ3) is 1.59. The normalized spacial score (nSPS) is 19.0. The molecule has 0 heterocycles. The van der Waals surface area contributed by atoms with Gasteiger partial charge in [0.1, 0.15) is 11.6 Å². The molecular weight excluding hydrogens is 205 g/mol. The Hall–Kier alpha value is -1.09. The Morgan fingerprint density at radius 3 is 2.44 bits per heavy atom. The minimum absolute atomic E-state index is 0.170. The van der Waals surface area contributed by atoms with Gasteiger partial charge >= 0.3 is 0 Å². The lowest BCUT2D eigenvalue weighted by Gasteiger charge is -2.28. The zero-order chi connectivity index (χ0) is 11.9. The summed E-state index contributed by atoms with van der Waals surface area (Å²) in [5.74, 6) is -0.106. The SMILES string of the molecule is Cc1cc(F)c(C)c(C2(N)CCCC2)c1O. The lowest BCUT2D eigenvalue weighted by Crippen LogP contribution is -2.34. The van der Waals surface area contributed by atoms with Crippen molar-refractivity contribution in [3.63, 3.8) is 0 Å². The summed E-state index contributed by atoms with van der Waals surface area (Å²) in [6.45, 7) is 3.40. The van der Waals surface area contributed by atoms with Crippen molar-refractivity contribution in [3.8, 4) is 5.75 Å². The van der Waals surface area contributed by atoms with Crippen molar-refractivity contribution >= 4 is 0 Å². The van der Waals surface area contributed by atoms with E-state index in [1.165, 1.54) is 6.07 Å². The van der Waals surface area contributed by atoms with Gasteiger partial charge in [-0.25, -0.2) is 4.39 Å². The van der Waals surface area contributed by atoms with Crippen LogP contribution in [0.4, 0.5) is 4.39 Å². The molecule has 1 aliphatic carbocycles. The summed E-state index contributed by atoms with van der Waals surface area (Å²) in [5, 5.41) is 10.1. The lowest BCUT2D eigenvalue weighted by molar-refractivity contribution is 0.400. The summed E-state index contributed by atoms with van der Waals surface area (Å²) in [5.41, 5.74) is 7.42. The second-order valence-electron chi connectivity index (χ2n) is 4.89. The standard InChI is InChI=1S/C13H18FNO/c1-8-7-10(14)9(2)11(12(8)16)13(15)5-3-4-6-13/h7,16H,3-6,15H2,1-2H3. The van der Waals surface area contributed by atoms with Crippen LogP contribution in [0.3, 0.4) is 0 Å². The molecule has 0 aromatic heterocycles. The Balaban J connectivity index is 2.63. The third-order valence-electron chi connectivity index (χ3n) is 3.68. The number of hydrogen-bond acceptors (Lipinski definition) is 2. The zero-order valence-electron chi connectivity index (χ0n) is 9.81. The summed E-state index contributed by atoms with van der Waals surface area (Å²) in [7, 11) is 0. The number of benzene rings is 1. The fourth-order valence-corrected chi connectivity index (χ4v) is 2.73. The minimum Gasteiger partial charge on any atom is -0.507 e. The summed E-state index contributed by atoms with van der Waals surface area (Å²) in [6.07, 6.45) is 3.74. The number of aromatic hydroxyl groups is 1. The first kappa shape index (κ1) is 11.4. The molecule has 0 unspecified atom stereocenters. The molecule has 0 bridgehead atoms. The number of phenols is 1. The van der Waals surface area contributed by atoms with E-state index in [-0.39, 0.29) is 11.6 Å². The maximum absolute atomic E-state index is 13.7. The molecule has 2 nitrogen and oxygen atoms in total. The van der Waals surface area contributed by atoms with Crippen LogP contribution >= 0.6 is 0 Å². The predicted octanol–water partition coefficient (Wildman–Crippen LogP) is 2.88. The van der Waals surface area contributed by atoms with E-state index in [2.05, 4.69) is 0 Å². The Kier molecular flexibility index (Phi) is 2.66. The van der Waals surface area contributed by atoms with Crippen molar-refractivity contribution in [2.24, 2.45) is 5.73 Å². The van der Waals surface area contributed by atoms with Gasteiger partial charge in [0.05, 0.1) is 0 Å². The lowest BCUT2D eigenvalue weighted by atomic mass is 9.84. The molecule has 16 heavy (non-hydrogen) atoms. The molecule has 2 rings (SSSR count). The number of aryl methyl sites for hydroxylation is 1. The maximum atomic E-state index is 13.7. The third-order valence-corrected chi connectivity index (χ3v) is 3.68. The Morgan fingerprint density at radius 2 is 1.88 bits per heavy atom. The molecule has 1 aliphatic rings. The second kappa shape index (κ2) is 3.74. The monoisotopic (exact) mass is 223 g/mol. The van der Waals surface area contributed by atoms with Gasteiger partial charge in [-0.1, -0.05) is 12.8 Å². The molecular formula is C13H18FNO. The number of hydrogen-bond donors (Lipinski definition) is 2. The Bertz CT molecular complexity index is 396. The smallest absolute Gasteiger partial charge is 0.126 e. The number of halogens is 1. The highest BCUT2D eigenvalue weighted by atomic mass is 19.1. The highest BCUT2D eigenvalue weighted by molar-refractivity contribution is 5.49. The molecule has 0 spiro atoms. The van der Waals surface area contributed by atoms with Crippen molar-refractivity contribution in [1.82, 2.24) is 0 Å². The molecule has 1 aromatic rings.